The van der Waals surface area contributed by atoms with E-state index in [9.17, 15) is 8.78 Å². The van der Waals surface area contributed by atoms with E-state index < -0.39 is 17.7 Å². The Hall–Kier alpha value is -1.75. The van der Waals surface area contributed by atoms with E-state index in [1.165, 1.54) is 12.1 Å². The van der Waals surface area contributed by atoms with Gasteiger partial charge in [0.15, 0.2) is 0 Å². The summed E-state index contributed by atoms with van der Waals surface area (Å²) in [5.41, 5.74) is 1.53. The van der Waals surface area contributed by atoms with Crippen molar-refractivity contribution in [2.75, 3.05) is 6.54 Å². The highest BCUT2D eigenvalue weighted by Crippen LogP contribution is 2.26. The van der Waals surface area contributed by atoms with Crippen molar-refractivity contribution in [3.05, 3.63) is 52.9 Å². The molecule has 0 saturated carbocycles. The fraction of sp³-hybridized carbons (Fsp3) is 0.438. The SMILES string of the molecule is CCCNC(Cc1cnn(C)c1)c1c(F)ccc(C)c1F. The molecule has 0 spiro atoms. The predicted molar refractivity (Wildman–Crippen MR) is 79.0 cm³/mol. The molecule has 1 atom stereocenters. The van der Waals surface area contributed by atoms with Gasteiger partial charge in [0.1, 0.15) is 11.6 Å². The topological polar surface area (TPSA) is 29.9 Å². The molecule has 2 rings (SSSR count). The Morgan fingerprint density at radius 2 is 2.10 bits per heavy atom. The molecule has 5 heteroatoms. The number of nitrogens with one attached hydrogen (secondary N) is 1. The molecule has 3 nitrogen and oxygen atoms in total. The van der Waals surface area contributed by atoms with Crippen LogP contribution in [-0.2, 0) is 13.5 Å². The zero-order valence-corrected chi connectivity index (χ0v) is 12.7. The summed E-state index contributed by atoms with van der Waals surface area (Å²) in [6.07, 6.45) is 5.00. The number of aryl methyl sites for hydroxylation is 2. The lowest BCUT2D eigenvalue weighted by Crippen LogP contribution is -2.26. The second-order valence-corrected chi connectivity index (χ2v) is 5.33. The van der Waals surface area contributed by atoms with Crippen LogP contribution in [0.5, 0.6) is 0 Å². The molecular weight excluding hydrogens is 272 g/mol. The largest absolute Gasteiger partial charge is 0.309 e. The molecule has 2 aromatic rings. The van der Waals surface area contributed by atoms with Crippen molar-refractivity contribution in [2.45, 2.75) is 32.7 Å². The van der Waals surface area contributed by atoms with Crippen LogP contribution in [0.2, 0.25) is 0 Å². The smallest absolute Gasteiger partial charge is 0.133 e. The van der Waals surface area contributed by atoms with Crippen LogP contribution in [0.3, 0.4) is 0 Å². The molecule has 0 aliphatic heterocycles. The molecule has 1 heterocycles. The lowest BCUT2D eigenvalue weighted by Gasteiger charge is -2.20. The number of hydrogen-bond donors (Lipinski definition) is 1. The summed E-state index contributed by atoms with van der Waals surface area (Å²) in [5, 5.41) is 7.34. The first-order chi connectivity index (χ1) is 10.0. The molecule has 0 aliphatic rings. The summed E-state index contributed by atoms with van der Waals surface area (Å²) in [5.74, 6) is -0.969. The second kappa shape index (κ2) is 6.80. The Morgan fingerprint density at radius 1 is 1.33 bits per heavy atom. The van der Waals surface area contributed by atoms with Gasteiger partial charge in [-0.2, -0.15) is 5.10 Å². The monoisotopic (exact) mass is 293 g/mol. The molecule has 1 aromatic carbocycles. The predicted octanol–water partition coefficient (Wildman–Crippen LogP) is 3.29. The van der Waals surface area contributed by atoms with Gasteiger partial charge >= 0.3 is 0 Å². The van der Waals surface area contributed by atoms with Crippen LogP contribution in [0.15, 0.2) is 24.5 Å². The van der Waals surface area contributed by atoms with Crippen molar-refractivity contribution in [2.24, 2.45) is 7.05 Å². The minimum Gasteiger partial charge on any atom is -0.309 e. The highest BCUT2D eigenvalue weighted by Gasteiger charge is 2.22. The van der Waals surface area contributed by atoms with Gasteiger partial charge in [0.2, 0.25) is 0 Å². The van der Waals surface area contributed by atoms with Gasteiger partial charge in [-0.05, 0) is 43.5 Å². The second-order valence-electron chi connectivity index (χ2n) is 5.33. The van der Waals surface area contributed by atoms with Gasteiger partial charge in [-0.25, -0.2) is 8.78 Å². The molecule has 21 heavy (non-hydrogen) atoms. The summed E-state index contributed by atoms with van der Waals surface area (Å²) in [4.78, 5) is 0. The first kappa shape index (κ1) is 15.6. The van der Waals surface area contributed by atoms with Crippen LogP contribution in [0.1, 0.15) is 36.1 Å². The van der Waals surface area contributed by atoms with Crippen molar-refractivity contribution in [1.82, 2.24) is 15.1 Å². The lowest BCUT2D eigenvalue weighted by molar-refractivity contribution is 0.462. The summed E-state index contributed by atoms with van der Waals surface area (Å²) in [6.45, 7) is 4.38. The first-order valence-corrected chi connectivity index (χ1v) is 7.18. The molecule has 1 aromatic heterocycles. The highest BCUT2D eigenvalue weighted by molar-refractivity contribution is 5.30. The van der Waals surface area contributed by atoms with Crippen molar-refractivity contribution >= 4 is 0 Å². The van der Waals surface area contributed by atoms with Crippen LogP contribution >= 0.6 is 0 Å². The van der Waals surface area contributed by atoms with Gasteiger partial charge in [-0.3, -0.25) is 4.68 Å². The summed E-state index contributed by atoms with van der Waals surface area (Å²) in [7, 11) is 1.83. The molecule has 0 saturated heterocycles. The average molecular weight is 293 g/mol. The Bertz CT molecular complexity index is 608. The molecule has 0 aliphatic carbocycles. The Morgan fingerprint density at radius 3 is 2.71 bits per heavy atom. The lowest BCUT2D eigenvalue weighted by atomic mass is 9.97. The number of hydrogen-bond acceptors (Lipinski definition) is 2. The first-order valence-electron chi connectivity index (χ1n) is 7.18. The maximum atomic E-state index is 14.3. The quantitative estimate of drug-likeness (QED) is 0.885. The van der Waals surface area contributed by atoms with E-state index in [4.69, 9.17) is 0 Å². The number of aromatic nitrogens is 2. The van der Waals surface area contributed by atoms with E-state index >= 15 is 0 Å². The van der Waals surface area contributed by atoms with Crippen LogP contribution in [-0.4, -0.2) is 16.3 Å². The molecule has 1 N–H and O–H groups in total. The molecule has 0 amide bonds. The van der Waals surface area contributed by atoms with Crippen molar-refractivity contribution in [3.63, 3.8) is 0 Å². The van der Waals surface area contributed by atoms with E-state index in [-0.39, 0.29) is 5.56 Å². The van der Waals surface area contributed by atoms with Gasteiger partial charge in [-0.1, -0.05) is 13.0 Å². The van der Waals surface area contributed by atoms with E-state index in [0.717, 1.165) is 12.0 Å². The van der Waals surface area contributed by atoms with E-state index in [1.54, 1.807) is 17.8 Å². The van der Waals surface area contributed by atoms with Gasteiger partial charge in [-0.15, -0.1) is 0 Å². The summed E-state index contributed by atoms with van der Waals surface area (Å²) in [6, 6.07) is 2.40. The third-order valence-corrected chi connectivity index (χ3v) is 3.51. The molecule has 1 unspecified atom stereocenters. The number of nitrogens with zero attached hydrogens (tertiary/aromatic N) is 2. The van der Waals surface area contributed by atoms with Gasteiger partial charge in [0.05, 0.1) is 6.20 Å². The molecule has 114 valence electrons. The third-order valence-electron chi connectivity index (χ3n) is 3.51. The maximum absolute atomic E-state index is 14.3. The molecule has 0 bridgehead atoms. The van der Waals surface area contributed by atoms with Crippen molar-refractivity contribution in [1.29, 1.82) is 0 Å². The van der Waals surface area contributed by atoms with E-state index in [1.807, 2.05) is 20.2 Å². The van der Waals surface area contributed by atoms with Crippen LogP contribution in [0.4, 0.5) is 8.78 Å². The minimum absolute atomic E-state index is 0.118. The van der Waals surface area contributed by atoms with Crippen LogP contribution in [0, 0.1) is 18.6 Å². The van der Waals surface area contributed by atoms with E-state index in [2.05, 4.69) is 10.4 Å². The fourth-order valence-corrected chi connectivity index (χ4v) is 2.41. The van der Waals surface area contributed by atoms with Crippen molar-refractivity contribution in [3.8, 4) is 0 Å². The maximum Gasteiger partial charge on any atom is 0.133 e. The number of halogens is 2. The Labute approximate surface area is 124 Å². The molecule has 0 fully saturated rings. The van der Waals surface area contributed by atoms with Crippen molar-refractivity contribution < 1.29 is 8.78 Å². The van der Waals surface area contributed by atoms with Gasteiger partial charge in [0.25, 0.3) is 0 Å². The van der Waals surface area contributed by atoms with E-state index in [0.29, 0.717) is 18.5 Å². The van der Waals surface area contributed by atoms with Gasteiger partial charge in [0, 0.05) is 24.8 Å². The minimum atomic E-state index is -0.504. The highest BCUT2D eigenvalue weighted by atomic mass is 19.1. The molecule has 0 radical (unpaired) electrons. The van der Waals surface area contributed by atoms with Gasteiger partial charge < -0.3 is 5.32 Å². The summed E-state index contributed by atoms with van der Waals surface area (Å²) >= 11 is 0. The Balaban J connectivity index is 2.33. The normalized spacial score (nSPS) is 12.6. The number of rotatable bonds is 6. The zero-order chi connectivity index (χ0) is 15.4. The zero-order valence-electron chi connectivity index (χ0n) is 12.7. The third kappa shape index (κ3) is 3.67. The average Bonchev–Trinajstić information content (AvgIpc) is 2.86. The standard InChI is InChI=1S/C16H21F2N3/c1-4-7-19-14(8-12-9-20-21(3)10-12)15-13(17)6-5-11(2)16(15)18/h5-6,9-10,14,19H,4,7-8H2,1-3H3. The molecular formula is C16H21F2N3. The number of benzene rings is 1. The fourth-order valence-electron chi connectivity index (χ4n) is 2.41. The van der Waals surface area contributed by atoms with Crippen LogP contribution in [0.25, 0.3) is 0 Å². The summed E-state index contributed by atoms with van der Waals surface area (Å²) < 4.78 is 30.2. The van der Waals surface area contributed by atoms with Crippen LogP contribution < -0.4 is 5.32 Å². The Kier molecular flexibility index (Phi) is 5.07.